The Kier molecular flexibility index (Phi) is 5.92. The quantitative estimate of drug-likeness (QED) is 0.711. The average Bonchev–Trinajstić information content (AvgIpc) is 2.21. The van der Waals surface area contributed by atoms with Gasteiger partial charge in [0.2, 0.25) is 22.0 Å². The van der Waals surface area contributed by atoms with Crippen LogP contribution in [0.25, 0.3) is 0 Å². The number of nitrogens with zero attached hydrogens (tertiary/aromatic N) is 2. The fraction of sp³-hybridized carbons (Fsp3) is 1.00. The van der Waals surface area contributed by atoms with Crippen molar-refractivity contribution in [3.63, 3.8) is 0 Å². The van der Waals surface area contributed by atoms with E-state index in [1.807, 2.05) is 0 Å². The van der Waals surface area contributed by atoms with Gasteiger partial charge >= 0.3 is 11.0 Å². The Morgan fingerprint density at radius 3 is 1.11 bits per heavy atom. The highest BCUT2D eigenvalue weighted by Gasteiger charge is 2.46. The van der Waals surface area contributed by atoms with Crippen LogP contribution in [-0.4, -0.2) is 45.2 Å². The molecule has 0 fully saturated rings. The van der Waals surface area contributed by atoms with Crippen molar-refractivity contribution in [3.05, 3.63) is 0 Å². The van der Waals surface area contributed by atoms with Gasteiger partial charge in [0.1, 0.15) is 0 Å². The van der Waals surface area contributed by atoms with Crippen molar-refractivity contribution in [1.82, 2.24) is 7.42 Å². The summed E-state index contributed by atoms with van der Waals surface area (Å²) in [4.78, 5) is 0. The van der Waals surface area contributed by atoms with Crippen LogP contribution in [0, 0.1) is 0 Å². The van der Waals surface area contributed by atoms with Crippen molar-refractivity contribution in [1.29, 1.82) is 0 Å². The van der Waals surface area contributed by atoms with E-state index in [0.29, 0.717) is 14.1 Å². The maximum atomic E-state index is 12.0. The second kappa shape index (κ2) is 5.94. The van der Waals surface area contributed by atoms with Crippen LogP contribution in [0.3, 0.4) is 0 Å². The van der Waals surface area contributed by atoms with Crippen molar-refractivity contribution < 1.29 is 39.0 Å². The van der Waals surface area contributed by atoms with Crippen LogP contribution in [0.1, 0.15) is 0 Å². The van der Waals surface area contributed by atoms with E-state index in [2.05, 4.69) is 0 Å². The topological polar surface area (TPSA) is 57.7 Å². The van der Waals surface area contributed by atoms with Gasteiger partial charge in [0.25, 0.3) is 0 Å². The lowest BCUT2D eigenvalue weighted by molar-refractivity contribution is -0.0409. The van der Waals surface area contributed by atoms with Crippen LogP contribution in [0.2, 0.25) is 0 Å². The van der Waals surface area contributed by atoms with Crippen LogP contribution in [-0.2, 0) is 33.1 Å². The SMILES string of the molecule is CN(S(=O)N(C)S(=O)C(F)(F)F)S(=O)C(F)(F)F. The van der Waals surface area contributed by atoms with Gasteiger partial charge in [0, 0.05) is 14.1 Å². The van der Waals surface area contributed by atoms with E-state index in [1.54, 1.807) is 0 Å². The fourth-order valence-corrected chi connectivity index (χ4v) is 3.64. The summed E-state index contributed by atoms with van der Waals surface area (Å²) in [6, 6.07) is 0. The fourth-order valence-electron chi connectivity index (χ4n) is 0.569. The third-order valence-corrected chi connectivity index (χ3v) is 5.49. The van der Waals surface area contributed by atoms with Crippen LogP contribution in [0.15, 0.2) is 0 Å². The van der Waals surface area contributed by atoms with Gasteiger partial charge in [-0.25, -0.2) is 12.6 Å². The van der Waals surface area contributed by atoms with Crippen molar-refractivity contribution in [2.45, 2.75) is 11.0 Å². The molecule has 0 aromatic carbocycles. The minimum atomic E-state index is -5.29. The average molecular weight is 340 g/mol. The lowest BCUT2D eigenvalue weighted by Gasteiger charge is -2.22. The zero-order chi connectivity index (χ0) is 14.9. The normalized spacial score (nSPS) is 19.0. The second-order valence-electron chi connectivity index (χ2n) is 2.50. The van der Waals surface area contributed by atoms with Gasteiger partial charge in [0.15, 0.2) is 11.2 Å². The molecule has 110 valence electrons. The molecule has 14 heteroatoms. The molecule has 0 aromatic rings. The van der Waals surface area contributed by atoms with E-state index in [1.165, 1.54) is 0 Å². The molecule has 0 aliphatic carbocycles. The van der Waals surface area contributed by atoms with Gasteiger partial charge < -0.3 is 0 Å². The zero-order valence-electron chi connectivity index (χ0n) is 8.61. The number of hydrogen-bond donors (Lipinski definition) is 0. The molecule has 0 saturated heterocycles. The molecule has 0 heterocycles. The Morgan fingerprint density at radius 2 is 0.944 bits per heavy atom. The summed E-state index contributed by atoms with van der Waals surface area (Å²) in [5.41, 5.74) is -10.6. The highest BCUT2D eigenvalue weighted by molar-refractivity contribution is 8.03. The molecule has 0 bridgehead atoms. The standard InChI is InChI=1S/C4H6F6N2O3S3/c1-11(16(13)3(5,6)7)18(15)12(2)17(14)4(8,9)10/h1-2H3. The van der Waals surface area contributed by atoms with Gasteiger partial charge in [0.05, 0.1) is 0 Å². The monoisotopic (exact) mass is 340 g/mol. The van der Waals surface area contributed by atoms with Gasteiger partial charge in [-0.3, -0.25) is 0 Å². The highest BCUT2D eigenvalue weighted by Crippen LogP contribution is 2.26. The largest absolute Gasteiger partial charge is 0.486 e. The molecule has 2 atom stereocenters. The first-order valence-corrected chi connectivity index (χ1v) is 6.94. The molecule has 0 saturated carbocycles. The second-order valence-corrected chi connectivity index (χ2v) is 7.54. The summed E-state index contributed by atoms with van der Waals surface area (Å²) in [6.45, 7) is 0. The number of hydrogen-bond acceptors (Lipinski definition) is 3. The predicted octanol–water partition coefficient (Wildman–Crippen LogP) is 0.796. The predicted molar refractivity (Wildman–Crippen MR) is 52.1 cm³/mol. The van der Waals surface area contributed by atoms with E-state index in [-0.39, 0.29) is 7.42 Å². The maximum absolute atomic E-state index is 12.0. The summed E-state index contributed by atoms with van der Waals surface area (Å²) >= 11 is -3.14. The molecule has 0 aliphatic heterocycles. The van der Waals surface area contributed by atoms with Crippen molar-refractivity contribution >= 4 is 33.1 Å². The molecule has 5 nitrogen and oxygen atoms in total. The van der Waals surface area contributed by atoms with E-state index in [0.717, 1.165) is 0 Å². The maximum Gasteiger partial charge on any atom is 0.486 e. The molecule has 0 radical (unpaired) electrons. The minimum absolute atomic E-state index is 0.385. The lowest BCUT2D eigenvalue weighted by atomic mass is 11.5. The molecule has 0 aliphatic rings. The minimum Gasteiger partial charge on any atom is -0.232 e. The van der Waals surface area contributed by atoms with E-state index in [9.17, 15) is 39.0 Å². The summed E-state index contributed by atoms with van der Waals surface area (Å²) < 4.78 is 104. The Balaban J connectivity index is 4.98. The molecule has 2 unspecified atom stereocenters. The van der Waals surface area contributed by atoms with Crippen LogP contribution >= 0.6 is 0 Å². The van der Waals surface area contributed by atoms with E-state index >= 15 is 0 Å². The Morgan fingerprint density at radius 1 is 0.722 bits per heavy atom. The molecular formula is C4H6F6N2O3S3. The Bertz CT molecular complexity index is 347. The third-order valence-electron chi connectivity index (χ3n) is 1.30. The molecule has 0 rings (SSSR count). The van der Waals surface area contributed by atoms with Gasteiger partial charge in [-0.15, -0.1) is 7.42 Å². The van der Waals surface area contributed by atoms with Crippen LogP contribution in [0.4, 0.5) is 26.3 Å². The number of alkyl halides is 6. The first-order chi connectivity index (χ1) is 7.80. The van der Waals surface area contributed by atoms with Crippen LogP contribution < -0.4 is 0 Å². The summed E-state index contributed by atoms with van der Waals surface area (Å²) in [6.07, 6.45) is 0. The van der Waals surface area contributed by atoms with Crippen molar-refractivity contribution in [2.24, 2.45) is 0 Å². The van der Waals surface area contributed by atoms with Crippen molar-refractivity contribution in [2.75, 3.05) is 14.1 Å². The Hall–Kier alpha value is -0.0500. The molecular weight excluding hydrogens is 334 g/mol. The van der Waals surface area contributed by atoms with Gasteiger partial charge in [-0.1, -0.05) is 0 Å². The molecule has 0 spiro atoms. The molecule has 0 amide bonds. The van der Waals surface area contributed by atoms with E-state index < -0.39 is 44.2 Å². The van der Waals surface area contributed by atoms with Gasteiger partial charge in [-0.05, 0) is 0 Å². The molecule has 18 heavy (non-hydrogen) atoms. The summed E-state index contributed by atoms with van der Waals surface area (Å²) in [5, 5.41) is 0. The number of halogens is 6. The van der Waals surface area contributed by atoms with Crippen LogP contribution in [0.5, 0.6) is 0 Å². The first-order valence-electron chi connectivity index (χ1n) is 3.67. The summed E-state index contributed by atoms with van der Waals surface area (Å²) in [5.74, 6) is 0. The van der Waals surface area contributed by atoms with Crippen molar-refractivity contribution in [3.8, 4) is 0 Å². The first kappa shape index (κ1) is 17.9. The Labute approximate surface area is 105 Å². The third kappa shape index (κ3) is 4.56. The van der Waals surface area contributed by atoms with Gasteiger partial charge in [-0.2, -0.15) is 26.3 Å². The van der Waals surface area contributed by atoms with E-state index in [4.69, 9.17) is 0 Å². The number of rotatable bonds is 4. The highest BCUT2D eigenvalue weighted by atomic mass is 32.3. The smallest absolute Gasteiger partial charge is 0.232 e. The molecule has 0 N–H and O–H groups in total. The summed E-state index contributed by atoms with van der Waals surface area (Å²) in [7, 11) is -6.73. The molecule has 0 aromatic heterocycles. The zero-order valence-corrected chi connectivity index (χ0v) is 11.1. The lowest BCUT2D eigenvalue weighted by Crippen LogP contribution is -2.43.